The third-order valence-corrected chi connectivity index (χ3v) is 1.25. The second kappa shape index (κ2) is 7.39. The summed E-state index contributed by atoms with van der Waals surface area (Å²) in [5.74, 6) is -0.471. The van der Waals surface area contributed by atoms with E-state index in [1.807, 2.05) is 6.92 Å². The van der Waals surface area contributed by atoms with Crippen LogP contribution in [0.4, 0.5) is 4.79 Å². The lowest BCUT2D eigenvalue weighted by Crippen LogP contribution is -2.26. The first-order valence-electron chi connectivity index (χ1n) is 4.20. The van der Waals surface area contributed by atoms with Gasteiger partial charge >= 0.3 is 12.1 Å². The summed E-state index contributed by atoms with van der Waals surface area (Å²) in [6.07, 6.45) is 1.35. The number of hydrogen-bond donors (Lipinski definition) is 1. The second-order valence-electron chi connectivity index (χ2n) is 2.47. The quantitative estimate of drug-likeness (QED) is 0.398. The molecule has 0 rings (SSSR count). The largest absolute Gasteiger partial charge is 0.428 e. The molecule has 0 heterocycles. The maximum absolute atomic E-state index is 10.8. The minimum Gasteiger partial charge on any atom is -0.428 e. The van der Waals surface area contributed by atoms with E-state index in [4.69, 9.17) is 0 Å². The van der Waals surface area contributed by atoms with Crippen LogP contribution in [0.2, 0.25) is 0 Å². The summed E-state index contributed by atoms with van der Waals surface area (Å²) in [7, 11) is 0. The molecule has 0 bridgehead atoms. The van der Waals surface area contributed by atoms with E-state index in [1.165, 1.54) is 6.92 Å². The summed E-state index contributed by atoms with van der Waals surface area (Å²) in [4.78, 5) is 21.0. The molecule has 0 radical (unpaired) electrons. The number of unbranched alkanes of at least 4 members (excludes halogenated alkanes) is 1. The summed E-state index contributed by atoms with van der Waals surface area (Å²) in [5.41, 5.74) is 0. The molecule has 13 heavy (non-hydrogen) atoms. The summed E-state index contributed by atoms with van der Waals surface area (Å²) in [5, 5.41) is 2.50. The molecule has 0 atom stereocenters. The first-order valence-corrected chi connectivity index (χ1v) is 4.20. The first kappa shape index (κ1) is 11.7. The van der Waals surface area contributed by atoms with E-state index < -0.39 is 12.1 Å². The number of amides is 1. The highest BCUT2D eigenvalue weighted by Crippen LogP contribution is 1.85. The van der Waals surface area contributed by atoms with E-state index in [0.717, 1.165) is 12.8 Å². The normalized spacial score (nSPS) is 9.08. The predicted molar refractivity (Wildman–Crippen MR) is 46.0 cm³/mol. The fourth-order valence-electron chi connectivity index (χ4n) is 0.584. The van der Waals surface area contributed by atoms with Crippen molar-refractivity contribution < 1.29 is 19.1 Å². The van der Waals surface area contributed by atoms with Crippen LogP contribution in [0.3, 0.4) is 0 Å². The summed E-state index contributed by atoms with van der Waals surface area (Å²) in [6.45, 7) is 3.52. The molecule has 5 heteroatoms. The van der Waals surface area contributed by atoms with Crippen LogP contribution in [0.15, 0.2) is 0 Å². The molecule has 0 unspecified atom stereocenters. The molecule has 0 fully saturated rings. The molecular formula is C8H15NO4. The number of nitrogens with one attached hydrogen (secondary N) is 1. The SMILES string of the molecule is CCCCNC(=O)OCOC(C)=O. The minimum atomic E-state index is -0.560. The summed E-state index contributed by atoms with van der Waals surface area (Å²) < 4.78 is 8.90. The summed E-state index contributed by atoms with van der Waals surface area (Å²) >= 11 is 0. The van der Waals surface area contributed by atoms with E-state index in [2.05, 4.69) is 14.8 Å². The molecule has 0 saturated carbocycles. The molecule has 0 spiro atoms. The Labute approximate surface area is 77.4 Å². The van der Waals surface area contributed by atoms with Crippen molar-refractivity contribution in [3.8, 4) is 0 Å². The van der Waals surface area contributed by atoms with Gasteiger partial charge in [0.2, 0.25) is 6.79 Å². The molecule has 0 aliphatic carbocycles. The molecule has 0 aromatic carbocycles. The first-order chi connectivity index (χ1) is 6.16. The van der Waals surface area contributed by atoms with Crippen molar-refractivity contribution in [2.45, 2.75) is 26.7 Å². The Bertz CT molecular complexity index is 170. The zero-order valence-electron chi connectivity index (χ0n) is 7.96. The number of alkyl carbamates (subject to hydrolysis) is 1. The monoisotopic (exact) mass is 189 g/mol. The topological polar surface area (TPSA) is 64.6 Å². The lowest BCUT2D eigenvalue weighted by molar-refractivity contribution is -0.149. The number of hydrogen-bond acceptors (Lipinski definition) is 4. The van der Waals surface area contributed by atoms with Gasteiger partial charge in [-0.1, -0.05) is 13.3 Å². The third kappa shape index (κ3) is 8.65. The van der Waals surface area contributed by atoms with Crippen molar-refractivity contribution in [2.75, 3.05) is 13.3 Å². The maximum atomic E-state index is 10.8. The Kier molecular flexibility index (Phi) is 6.68. The van der Waals surface area contributed by atoms with Gasteiger partial charge in [0.05, 0.1) is 0 Å². The maximum Gasteiger partial charge on any atom is 0.410 e. The van der Waals surface area contributed by atoms with Crippen molar-refractivity contribution in [3.05, 3.63) is 0 Å². The van der Waals surface area contributed by atoms with Gasteiger partial charge < -0.3 is 14.8 Å². The number of ether oxygens (including phenoxy) is 2. The van der Waals surface area contributed by atoms with E-state index in [1.54, 1.807) is 0 Å². The molecular weight excluding hydrogens is 174 g/mol. The van der Waals surface area contributed by atoms with E-state index >= 15 is 0 Å². The molecule has 76 valence electrons. The predicted octanol–water partition coefficient (Wildman–Crippen LogP) is 1.03. The van der Waals surface area contributed by atoms with Crippen LogP contribution in [-0.4, -0.2) is 25.4 Å². The lowest BCUT2D eigenvalue weighted by Gasteiger charge is -2.05. The second-order valence-corrected chi connectivity index (χ2v) is 2.47. The summed E-state index contributed by atoms with van der Waals surface area (Å²) in [6, 6.07) is 0. The average molecular weight is 189 g/mol. The van der Waals surface area contributed by atoms with Crippen molar-refractivity contribution in [1.29, 1.82) is 0 Å². The van der Waals surface area contributed by atoms with Gasteiger partial charge in [-0.15, -0.1) is 0 Å². The highest BCUT2D eigenvalue weighted by atomic mass is 16.7. The third-order valence-electron chi connectivity index (χ3n) is 1.25. The molecule has 0 aliphatic heterocycles. The average Bonchev–Trinajstić information content (AvgIpc) is 2.04. The van der Waals surface area contributed by atoms with Crippen molar-refractivity contribution in [1.82, 2.24) is 5.32 Å². The van der Waals surface area contributed by atoms with Crippen LogP contribution in [0.25, 0.3) is 0 Å². The van der Waals surface area contributed by atoms with E-state index in [9.17, 15) is 9.59 Å². The van der Waals surface area contributed by atoms with E-state index in [-0.39, 0.29) is 6.79 Å². The highest BCUT2D eigenvalue weighted by Gasteiger charge is 2.00. The van der Waals surface area contributed by atoms with Crippen LogP contribution in [0, 0.1) is 0 Å². The van der Waals surface area contributed by atoms with Gasteiger partial charge in [-0.3, -0.25) is 4.79 Å². The Morgan fingerprint density at radius 3 is 2.54 bits per heavy atom. The van der Waals surface area contributed by atoms with Gasteiger partial charge in [0.25, 0.3) is 0 Å². The van der Waals surface area contributed by atoms with E-state index in [0.29, 0.717) is 6.54 Å². The Hall–Kier alpha value is -1.26. The zero-order chi connectivity index (χ0) is 10.1. The van der Waals surface area contributed by atoms with Crippen LogP contribution >= 0.6 is 0 Å². The van der Waals surface area contributed by atoms with Gasteiger partial charge in [-0.05, 0) is 6.42 Å². The number of carbonyl (C=O) groups is 2. The van der Waals surface area contributed by atoms with Crippen LogP contribution in [-0.2, 0) is 14.3 Å². The standard InChI is InChI=1S/C8H15NO4/c1-3-4-5-9-8(11)13-6-12-7(2)10/h3-6H2,1-2H3,(H,9,11). The number of carbonyl (C=O) groups excluding carboxylic acids is 2. The fourth-order valence-corrected chi connectivity index (χ4v) is 0.584. The zero-order valence-corrected chi connectivity index (χ0v) is 7.96. The lowest BCUT2D eigenvalue weighted by atomic mass is 10.3. The number of rotatable bonds is 5. The van der Waals surface area contributed by atoms with Gasteiger partial charge in [-0.2, -0.15) is 0 Å². The van der Waals surface area contributed by atoms with Crippen molar-refractivity contribution in [2.24, 2.45) is 0 Å². The molecule has 0 aromatic rings. The molecule has 0 aliphatic rings. The highest BCUT2D eigenvalue weighted by molar-refractivity contribution is 5.68. The molecule has 5 nitrogen and oxygen atoms in total. The molecule has 0 aromatic heterocycles. The van der Waals surface area contributed by atoms with Crippen LogP contribution in [0.1, 0.15) is 26.7 Å². The fraction of sp³-hybridized carbons (Fsp3) is 0.750. The Morgan fingerprint density at radius 1 is 1.31 bits per heavy atom. The Balaban J connectivity index is 3.25. The minimum absolute atomic E-state index is 0.326. The molecule has 0 saturated heterocycles. The van der Waals surface area contributed by atoms with Gasteiger partial charge in [0.15, 0.2) is 0 Å². The van der Waals surface area contributed by atoms with Crippen molar-refractivity contribution >= 4 is 12.1 Å². The van der Waals surface area contributed by atoms with Crippen molar-refractivity contribution in [3.63, 3.8) is 0 Å². The van der Waals surface area contributed by atoms with Gasteiger partial charge in [0, 0.05) is 13.5 Å². The Morgan fingerprint density at radius 2 is 2.00 bits per heavy atom. The number of esters is 1. The van der Waals surface area contributed by atoms with Crippen LogP contribution in [0.5, 0.6) is 0 Å². The van der Waals surface area contributed by atoms with Crippen LogP contribution < -0.4 is 5.32 Å². The smallest absolute Gasteiger partial charge is 0.410 e. The van der Waals surface area contributed by atoms with Gasteiger partial charge in [0.1, 0.15) is 0 Å². The molecule has 1 amide bonds. The van der Waals surface area contributed by atoms with Gasteiger partial charge in [-0.25, -0.2) is 4.79 Å². The molecule has 1 N–H and O–H groups in total.